The lowest BCUT2D eigenvalue weighted by Gasteiger charge is -2.34. The lowest BCUT2D eigenvalue weighted by Crippen LogP contribution is -2.50. The van der Waals surface area contributed by atoms with Gasteiger partial charge in [0.15, 0.2) is 5.13 Å². The van der Waals surface area contributed by atoms with Crippen LogP contribution in [0.25, 0.3) is 10.2 Å². The number of rotatable bonds is 2. The quantitative estimate of drug-likeness (QED) is 0.654. The molecule has 3 aromatic rings. The highest BCUT2D eigenvalue weighted by molar-refractivity contribution is 7.22. The number of amides is 2. The number of halogens is 2. The van der Waals surface area contributed by atoms with Crippen molar-refractivity contribution in [1.82, 2.24) is 9.88 Å². The number of hydrogen-bond donors (Lipinski definition) is 1. The van der Waals surface area contributed by atoms with Gasteiger partial charge in [0.25, 0.3) is 0 Å². The summed E-state index contributed by atoms with van der Waals surface area (Å²) in [7, 11) is 0. The normalized spacial score (nSPS) is 14.7. The van der Waals surface area contributed by atoms with E-state index in [9.17, 15) is 4.79 Å². The van der Waals surface area contributed by atoms with Gasteiger partial charge in [-0.2, -0.15) is 0 Å². The molecule has 1 N–H and O–H groups in total. The zero-order valence-electron chi connectivity index (χ0n) is 13.8. The molecule has 0 bridgehead atoms. The summed E-state index contributed by atoms with van der Waals surface area (Å²) in [5, 5.41) is 5.18. The lowest BCUT2D eigenvalue weighted by molar-refractivity contribution is 0.208. The van der Waals surface area contributed by atoms with Crippen LogP contribution in [0.2, 0.25) is 10.0 Å². The fourth-order valence-electron chi connectivity index (χ4n) is 2.89. The van der Waals surface area contributed by atoms with Gasteiger partial charge in [-0.1, -0.05) is 40.6 Å². The summed E-state index contributed by atoms with van der Waals surface area (Å²) in [6.07, 6.45) is 0. The van der Waals surface area contributed by atoms with E-state index in [1.165, 1.54) is 0 Å². The number of urea groups is 1. The molecular formula is C18H16Cl2N4OS. The van der Waals surface area contributed by atoms with Gasteiger partial charge in [-0.05, 0) is 36.4 Å². The summed E-state index contributed by atoms with van der Waals surface area (Å²) in [6, 6.07) is 12.8. The van der Waals surface area contributed by atoms with E-state index >= 15 is 0 Å². The van der Waals surface area contributed by atoms with Gasteiger partial charge in [-0.25, -0.2) is 9.78 Å². The molecule has 0 saturated carbocycles. The molecule has 26 heavy (non-hydrogen) atoms. The SMILES string of the molecule is O=C(Nc1cccc(Cl)c1)N1CCN(c2nc3ccc(Cl)cc3s2)CC1. The van der Waals surface area contributed by atoms with Gasteiger partial charge in [0.05, 0.1) is 10.2 Å². The van der Waals surface area contributed by atoms with E-state index in [0.717, 1.165) is 33.5 Å². The third-order valence-electron chi connectivity index (χ3n) is 4.25. The molecule has 4 rings (SSSR count). The first kappa shape index (κ1) is 17.4. The second-order valence-electron chi connectivity index (χ2n) is 6.02. The molecule has 5 nitrogen and oxygen atoms in total. The summed E-state index contributed by atoms with van der Waals surface area (Å²) in [4.78, 5) is 21.1. The largest absolute Gasteiger partial charge is 0.345 e. The Hall–Kier alpha value is -2.02. The van der Waals surface area contributed by atoms with E-state index in [2.05, 4.69) is 15.2 Å². The Morgan fingerprint density at radius 1 is 1.04 bits per heavy atom. The standard InChI is InChI=1S/C18H16Cl2N4OS/c19-12-2-1-3-14(10-12)21-17(25)23-6-8-24(9-7-23)18-22-15-5-4-13(20)11-16(15)26-18/h1-5,10-11H,6-9H2,(H,21,25). The molecule has 1 saturated heterocycles. The number of benzene rings is 2. The summed E-state index contributed by atoms with van der Waals surface area (Å²) >= 11 is 13.6. The minimum Gasteiger partial charge on any atom is -0.345 e. The van der Waals surface area contributed by atoms with Crippen LogP contribution in [0.5, 0.6) is 0 Å². The maximum atomic E-state index is 12.4. The van der Waals surface area contributed by atoms with E-state index in [1.807, 2.05) is 35.2 Å². The van der Waals surface area contributed by atoms with Crippen molar-refractivity contribution < 1.29 is 4.79 Å². The van der Waals surface area contributed by atoms with E-state index in [4.69, 9.17) is 23.2 Å². The molecule has 1 aliphatic heterocycles. The first-order chi connectivity index (χ1) is 12.6. The Kier molecular flexibility index (Phi) is 4.89. The van der Waals surface area contributed by atoms with Crippen LogP contribution in [-0.4, -0.2) is 42.1 Å². The predicted molar refractivity (Wildman–Crippen MR) is 109 cm³/mol. The summed E-state index contributed by atoms with van der Waals surface area (Å²) in [5.74, 6) is 0. The molecule has 0 radical (unpaired) electrons. The van der Waals surface area contributed by atoms with Gasteiger partial charge in [0.2, 0.25) is 0 Å². The minimum absolute atomic E-state index is 0.108. The first-order valence-corrected chi connectivity index (χ1v) is 9.78. The number of thiazole rings is 1. The lowest BCUT2D eigenvalue weighted by atomic mass is 10.3. The van der Waals surface area contributed by atoms with Crippen molar-refractivity contribution in [3.8, 4) is 0 Å². The molecule has 1 aliphatic rings. The highest BCUT2D eigenvalue weighted by atomic mass is 35.5. The zero-order chi connectivity index (χ0) is 18.1. The molecule has 2 amide bonds. The number of piperazine rings is 1. The van der Waals surface area contributed by atoms with Crippen LogP contribution < -0.4 is 10.2 Å². The Morgan fingerprint density at radius 2 is 1.81 bits per heavy atom. The monoisotopic (exact) mass is 406 g/mol. The summed E-state index contributed by atoms with van der Waals surface area (Å²) in [5.41, 5.74) is 1.66. The molecule has 0 aliphatic carbocycles. The van der Waals surface area contributed by atoms with Crippen LogP contribution >= 0.6 is 34.5 Å². The van der Waals surface area contributed by atoms with E-state index < -0.39 is 0 Å². The highest BCUT2D eigenvalue weighted by Gasteiger charge is 2.23. The first-order valence-electron chi connectivity index (χ1n) is 8.21. The average molecular weight is 407 g/mol. The number of aromatic nitrogens is 1. The molecule has 0 spiro atoms. The van der Waals surface area contributed by atoms with E-state index in [1.54, 1.807) is 23.5 Å². The van der Waals surface area contributed by atoms with Gasteiger partial charge in [0.1, 0.15) is 0 Å². The summed E-state index contributed by atoms with van der Waals surface area (Å²) < 4.78 is 1.08. The van der Waals surface area contributed by atoms with Crippen LogP contribution in [0.15, 0.2) is 42.5 Å². The van der Waals surface area contributed by atoms with Crippen LogP contribution in [0, 0.1) is 0 Å². The van der Waals surface area contributed by atoms with E-state index in [0.29, 0.717) is 23.8 Å². The Bertz CT molecular complexity index is 953. The number of hydrogen-bond acceptors (Lipinski definition) is 4. The number of carbonyl (C=O) groups is 1. The molecular weight excluding hydrogens is 391 g/mol. The van der Waals surface area contributed by atoms with Crippen LogP contribution in [0.3, 0.4) is 0 Å². The Balaban J connectivity index is 1.39. The average Bonchev–Trinajstić information content (AvgIpc) is 3.05. The van der Waals surface area contributed by atoms with Crippen molar-refractivity contribution in [1.29, 1.82) is 0 Å². The molecule has 2 aromatic carbocycles. The van der Waals surface area contributed by atoms with Gasteiger partial charge in [0, 0.05) is 41.9 Å². The predicted octanol–water partition coefficient (Wildman–Crippen LogP) is 4.96. The maximum Gasteiger partial charge on any atom is 0.321 e. The van der Waals surface area contributed by atoms with Crippen LogP contribution in [0.4, 0.5) is 15.6 Å². The van der Waals surface area contributed by atoms with E-state index in [-0.39, 0.29) is 6.03 Å². The van der Waals surface area contributed by atoms with Crippen molar-refractivity contribution in [3.05, 3.63) is 52.5 Å². The number of anilines is 2. The number of nitrogens with one attached hydrogen (secondary N) is 1. The van der Waals surface area contributed by atoms with Gasteiger partial charge in [-0.15, -0.1) is 0 Å². The van der Waals surface area contributed by atoms with Crippen molar-refractivity contribution in [3.63, 3.8) is 0 Å². The molecule has 2 heterocycles. The molecule has 0 atom stereocenters. The number of fused-ring (bicyclic) bond motifs is 1. The Labute approximate surface area is 165 Å². The van der Waals surface area contributed by atoms with Gasteiger partial charge >= 0.3 is 6.03 Å². The molecule has 8 heteroatoms. The zero-order valence-corrected chi connectivity index (χ0v) is 16.1. The number of nitrogens with zero attached hydrogens (tertiary/aromatic N) is 3. The minimum atomic E-state index is -0.108. The third kappa shape index (κ3) is 3.72. The van der Waals surface area contributed by atoms with Crippen LogP contribution in [-0.2, 0) is 0 Å². The van der Waals surface area contributed by atoms with Crippen molar-refractivity contribution in [2.75, 3.05) is 36.4 Å². The molecule has 134 valence electrons. The van der Waals surface area contributed by atoms with Crippen molar-refractivity contribution in [2.45, 2.75) is 0 Å². The topological polar surface area (TPSA) is 48.5 Å². The van der Waals surface area contributed by atoms with Gasteiger partial charge < -0.3 is 15.1 Å². The second-order valence-corrected chi connectivity index (χ2v) is 7.91. The number of carbonyl (C=O) groups excluding carboxylic acids is 1. The second kappa shape index (κ2) is 7.31. The highest BCUT2D eigenvalue weighted by Crippen LogP contribution is 2.31. The summed E-state index contributed by atoms with van der Waals surface area (Å²) in [6.45, 7) is 2.78. The fourth-order valence-corrected chi connectivity index (χ4v) is 4.37. The molecule has 0 unspecified atom stereocenters. The molecule has 1 fully saturated rings. The smallest absolute Gasteiger partial charge is 0.321 e. The fraction of sp³-hybridized carbons (Fsp3) is 0.222. The van der Waals surface area contributed by atoms with Crippen molar-refractivity contribution >= 4 is 61.6 Å². The Morgan fingerprint density at radius 3 is 2.58 bits per heavy atom. The third-order valence-corrected chi connectivity index (χ3v) is 5.80. The van der Waals surface area contributed by atoms with Gasteiger partial charge in [-0.3, -0.25) is 0 Å². The van der Waals surface area contributed by atoms with Crippen LogP contribution in [0.1, 0.15) is 0 Å². The molecule has 1 aromatic heterocycles. The maximum absolute atomic E-state index is 12.4. The van der Waals surface area contributed by atoms with Crippen molar-refractivity contribution in [2.24, 2.45) is 0 Å².